The molecule has 8 nitrogen and oxygen atoms in total. The maximum Gasteiger partial charge on any atom is 0.229 e. The average molecular weight is 416 g/mol. The molecule has 2 aromatic carbocycles. The molecule has 0 aliphatic carbocycles. The van der Waals surface area contributed by atoms with Gasteiger partial charge in [0.1, 0.15) is 23.1 Å². The van der Waals surface area contributed by atoms with Crippen molar-refractivity contribution in [2.24, 2.45) is 5.92 Å². The summed E-state index contributed by atoms with van der Waals surface area (Å²) in [6, 6.07) is 6.66. The number of aryl methyl sites for hydroxylation is 1. The summed E-state index contributed by atoms with van der Waals surface area (Å²) < 4.78 is 42.3. The van der Waals surface area contributed by atoms with Crippen molar-refractivity contribution in [2.45, 2.75) is 13.3 Å². The van der Waals surface area contributed by atoms with Crippen LogP contribution in [0.4, 0.5) is 24.5 Å². The molecule has 4 rings (SSSR count). The van der Waals surface area contributed by atoms with E-state index in [9.17, 15) is 22.8 Å². The lowest BCUT2D eigenvalue weighted by molar-refractivity contribution is -0.122. The minimum absolute atomic E-state index is 0.0340. The first-order valence-electron chi connectivity index (χ1n) is 8.94. The summed E-state index contributed by atoms with van der Waals surface area (Å²) in [4.78, 5) is 26.1. The van der Waals surface area contributed by atoms with Gasteiger partial charge in [0.25, 0.3) is 0 Å². The quantitative estimate of drug-likeness (QED) is 0.705. The van der Waals surface area contributed by atoms with Crippen LogP contribution in [0.1, 0.15) is 12.2 Å². The number of nitrogens with zero attached hydrogens (tertiary/aromatic N) is 5. The Hall–Kier alpha value is -3.76. The van der Waals surface area contributed by atoms with Gasteiger partial charge >= 0.3 is 0 Å². The number of aromatic nitrogens is 4. The van der Waals surface area contributed by atoms with Crippen molar-refractivity contribution < 1.29 is 22.8 Å². The molecule has 1 aliphatic heterocycles. The van der Waals surface area contributed by atoms with E-state index in [1.54, 1.807) is 6.92 Å². The predicted molar refractivity (Wildman–Crippen MR) is 99.3 cm³/mol. The topological polar surface area (TPSA) is 93.0 Å². The van der Waals surface area contributed by atoms with Crippen molar-refractivity contribution in [1.29, 1.82) is 0 Å². The molecule has 0 bridgehead atoms. The molecular weight excluding hydrogens is 401 g/mol. The second kappa shape index (κ2) is 7.58. The first kappa shape index (κ1) is 19.6. The lowest BCUT2D eigenvalue weighted by atomic mass is 10.1. The number of halogens is 3. The number of amides is 2. The van der Waals surface area contributed by atoms with Crippen molar-refractivity contribution in [3.63, 3.8) is 0 Å². The minimum Gasteiger partial charge on any atom is -0.326 e. The number of tetrazole rings is 1. The van der Waals surface area contributed by atoms with Crippen molar-refractivity contribution in [1.82, 2.24) is 20.2 Å². The van der Waals surface area contributed by atoms with Gasteiger partial charge in [-0.2, -0.15) is 4.68 Å². The van der Waals surface area contributed by atoms with E-state index < -0.39 is 35.2 Å². The molecule has 154 valence electrons. The summed E-state index contributed by atoms with van der Waals surface area (Å²) in [5.74, 6) is -3.51. The van der Waals surface area contributed by atoms with Crippen LogP contribution in [-0.4, -0.2) is 38.6 Å². The number of hydrogen-bond donors (Lipinski definition) is 1. The number of carbonyl (C=O) groups excluding carboxylic acids is 2. The largest absolute Gasteiger partial charge is 0.326 e. The van der Waals surface area contributed by atoms with E-state index in [0.29, 0.717) is 11.9 Å². The van der Waals surface area contributed by atoms with Crippen molar-refractivity contribution in [2.75, 3.05) is 16.8 Å². The molecule has 1 aromatic heterocycles. The van der Waals surface area contributed by atoms with Gasteiger partial charge in [-0.1, -0.05) is 0 Å². The third kappa shape index (κ3) is 3.73. The number of rotatable bonds is 4. The Kier molecular flexibility index (Phi) is 4.94. The summed E-state index contributed by atoms with van der Waals surface area (Å²) in [5, 5.41) is 13.5. The van der Waals surface area contributed by atoms with Crippen LogP contribution in [-0.2, 0) is 9.59 Å². The summed E-state index contributed by atoms with van der Waals surface area (Å²) >= 11 is 0. The molecule has 1 unspecified atom stereocenters. The van der Waals surface area contributed by atoms with E-state index in [2.05, 4.69) is 20.8 Å². The molecule has 0 spiro atoms. The third-order valence-electron chi connectivity index (χ3n) is 4.72. The van der Waals surface area contributed by atoms with Crippen LogP contribution in [0.2, 0.25) is 0 Å². The molecule has 1 saturated heterocycles. The van der Waals surface area contributed by atoms with Crippen LogP contribution in [0, 0.1) is 30.3 Å². The van der Waals surface area contributed by atoms with Crippen molar-refractivity contribution in [3.05, 3.63) is 59.7 Å². The Morgan fingerprint density at radius 3 is 2.53 bits per heavy atom. The zero-order chi connectivity index (χ0) is 21.4. The molecule has 2 heterocycles. The normalized spacial score (nSPS) is 16.2. The molecule has 1 atom stereocenters. The number of benzene rings is 2. The van der Waals surface area contributed by atoms with E-state index in [4.69, 9.17) is 0 Å². The highest BCUT2D eigenvalue weighted by Gasteiger charge is 2.35. The van der Waals surface area contributed by atoms with Crippen LogP contribution >= 0.6 is 0 Å². The Bertz CT molecular complexity index is 1130. The van der Waals surface area contributed by atoms with Crippen LogP contribution in [0.5, 0.6) is 0 Å². The van der Waals surface area contributed by atoms with E-state index >= 15 is 0 Å². The monoisotopic (exact) mass is 416 g/mol. The number of nitrogens with one attached hydrogen (secondary N) is 1. The first-order valence-corrected chi connectivity index (χ1v) is 8.94. The fourth-order valence-electron chi connectivity index (χ4n) is 3.28. The van der Waals surface area contributed by atoms with Crippen LogP contribution in [0.3, 0.4) is 0 Å². The van der Waals surface area contributed by atoms with Gasteiger partial charge < -0.3 is 10.2 Å². The van der Waals surface area contributed by atoms with Gasteiger partial charge in [-0.3, -0.25) is 9.59 Å². The van der Waals surface area contributed by atoms with E-state index in [0.717, 1.165) is 23.1 Å². The number of hydrogen-bond acceptors (Lipinski definition) is 5. The second-order valence-corrected chi connectivity index (χ2v) is 6.83. The number of carbonyl (C=O) groups is 2. The summed E-state index contributed by atoms with van der Waals surface area (Å²) in [6.45, 7) is 1.56. The van der Waals surface area contributed by atoms with Gasteiger partial charge in [0.15, 0.2) is 5.82 Å². The fraction of sp³-hybridized carbons (Fsp3) is 0.211. The minimum atomic E-state index is -0.817. The molecule has 11 heteroatoms. The highest BCUT2D eigenvalue weighted by molar-refractivity contribution is 6.03. The number of anilines is 2. The van der Waals surface area contributed by atoms with Gasteiger partial charge in [-0.15, -0.1) is 5.10 Å². The fourth-order valence-corrected chi connectivity index (χ4v) is 3.28. The maximum atomic E-state index is 14.2. The molecule has 1 N–H and O–H groups in total. The molecular formula is C19H15F3N6O2. The Labute approximate surface area is 168 Å². The zero-order valence-electron chi connectivity index (χ0n) is 15.6. The lowest BCUT2D eigenvalue weighted by Gasteiger charge is -2.17. The SMILES string of the molecule is Cc1nnnn1-c1cc(NC(=O)C2CC(=O)N(c3cc(F)cc(F)c3)C2)ccc1F. The van der Waals surface area contributed by atoms with Gasteiger partial charge in [0, 0.05) is 30.4 Å². The van der Waals surface area contributed by atoms with E-state index in [-0.39, 0.29) is 30.0 Å². The Morgan fingerprint density at radius 1 is 1.13 bits per heavy atom. The summed E-state index contributed by atoms with van der Waals surface area (Å²) in [5.41, 5.74) is 0.384. The predicted octanol–water partition coefficient (Wildman–Crippen LogP) is 2.38. The van der Waals surface area contributed by atoms with E-state index in [1.807, 2.05) is 0 Å². The third-order valence-corrected chi connectivity index (χ3v) is 4.72. The summed E-state index contributed by atoms with van der Waals surface area (Å²) in [6.07, 6.45) is -0.121. The van der Waals surface area contributed by atoms with Gasteiger partial charge in [0.05, 0.1) is 5.92 Å². The van der Waals surface area contributed by atoms with Crippen LogP contribution in [0.25, 0.3) is 5.69 Å². The molecule has 1 aliphatic rings. The smallest absolute Gasteiger partial charge is 0.229 e. The highest BCUT2D eigenvalue weighted by atomic mass is 19.1. The Morgan fingerprint density at radius 2 is 1.87 bits per heavy atom. The molecule has 2 amide bonds. The summed E-state index contributed by atoms with van der Waals surface area (Å²) in [7, 11) is 0. The van der Waals surface area contributed by atoms with Crippen LogP contribution in [0.15, 0.2) is 36.4 Å². The molecule has 0 radical (unpaired) electrons. The van der Waals surface area contributed by atoms with Crippen LogP contribution < -0.4 is 10.2 Å². The second-order valence-electron chi connectivity index (χ2n) is 6.83. The Balaban J connectivity index is 1.51. The van der Waals surface area contributed by atoms with Crippen molar-refractivity contribution >= 4 is 23.2 Å². The highest BCUT2D eigenvalue weighted by Crippen LogP contribution is 2.28. The van der Waals surface area contributed by atoms with Crippen molar-refractivity contribution in [3.8, 4) is 5.69 Å². The molecule has 1 fully saturated rings. The first-order chi connectivity index (χ1) is 14.3. The standard InChI is InChI=1S/C19H15F3N6O2/c1-10-24-25-26-28(10)17-8-14(2-3-16(17)22)23-19(30)11-4-18(29)27(9-11)15-6-12(20)5-13(21)7-15/h2-3,5-8,11H,4,9H2,1H3,(H,23,30). The van der Waals surface area contributed by atoms with Gasteiger partial charge in [0.2, 0.25) is 11.8 Å². The lowest BCUT2D eigenvalue weighted by Crippen LogP contribution is -2.28. The molecule has 30 heavy (non-hydrogen) atoms. The molecule has 3 aromatic rings. The van der Waals surface area contributed by atoms with Gasteiger partial charge in [-0.25, -0.2) is 13.2 Å². The average Bonchev–Trinajstić information content (AvgIpc) is 3.28. The van der Waals surface area contributed by atoms with E-state index in [1.165, 1.54) is 16.8 Å². The molecule has 0 saturated carbocycles. The van der Waals surface area contributed by atoms with Gasteiger partial charge in [-0.05, 0) is 47.7 Å². The zero-order valence-corrected chi connectivity index (χ0v) is 15.6. The maximum absolute atomic E-state index is 14.2.